The minimum absolute atomic E-state index is 0.311. The molecule has 2 nitrogen and oxygen atoms in total. The van der Waals surface area contributed by atoms with E-state index >= 15 is 0 Å². The van der Waals surface area contributed by atoms with Crippen LogP contribution in [-0.2, 0) is 0 Å². The average Bonchev–Trinajstić information content (AvgIpc) is 2.20. The number of pyridine rings is 1. The molecule has 1 aromatic heterocycles. The number of piperidine rings is 1. The van der Waals surface area contributed by atoms with Gasteiger partial charge < -0.3 is 0 Å². The summed E-state index contributed by atoms with van der Waals surface area (Å²) >= 11 is 0. The van der Waals surface area contributed by atoms with E-state index in [4.69, 9.17) is 0 Å². The summed E-state index contributed by atoms with van der Waals surface area (Å²) in [4.78, 5) is 3.66. The molecule has 0 bridgehead atoms. The molecule has 1 aromatic rings. The number of rotatable bonds is 1. The van der Waals surface area contributed by atoms with Crippen molar-refractivity contribution in [3.05, 3.63) is 29.8 Å². The van der Waals surface area contributed by atoms with Gasteiger partial charge in [0.25, 0.3) is 0 Å². The van der Waals surface area contributed by atoms with Gasteiger partial charge in [0.15, 0.2) is 0 Å². The lowest BCUT2D eigenvalue weighted by Gasteiger charge is -2.21. The molecule has 0 spiro atoms. The predicted octanol–water partition coefficient (Wildman–Crippen LogP) is 1.70. The van der Waals surface area contributed by atoms with E-state index < -0.39 is 0 Å². The van der Waals surface area contributed by atoms with Crippen molar-refractivity contribution in [1.29, 1.82) is 0 Å². The van der Waals surface area contributed by atoms with Gasteiger partial charge >= 0.3 is 0 Å². The fourth-order valence-corrected chi connectivity index (χ4v) is 1.76. The molecule has 1 radical (unpaired) electrons. The first-order chi connectivity index (χ1) is 6.38. The monoisotopic (exact) mass is 179 g/mol. The maximum atomic E-state index is 13.2. The second-order valence-electron chi connectivity index (χ2n) is 3.33. The van der Waals surface area contributed by atoms with Gasteiger partial charge in [0.2, 0.25) is 5.95 Å². The van der Waals surface area contributed by atoms with Crippen molar-refractivity contribution in [3.63, 3.8) is 0 Å². The van der Waals surface area contributed by atoms with Crippen LogP contribution >= 0.6 is 0 Å². The van der Waals surface area contributed by atoms with Crippen LogP contribution < -0.4 is 5.32 Å². The molecule has 0 unspecified atom stereocenters. The molecular formula is C10H12FN2. The number of aromatic nitrogens is 1. The second kappa shape index (κ2) is 3.83. The molecular weight excluding hydrogens is 167 g/mol. The van der Waals surface area contributed by atoms with Crippen molar-refractivity contribution in [3.8, 4) is 0 Å². The summed E-state index contributed by atoms with van der Waals surface area (Å²) in [5.74, 6) is 0.0144. The van der Waals surface area contributed by atoms with Gasteiger partial charge in [-0.25, -0.2) is 10.3 Å². The van der Waals surface area contributed by atoms with Crippen LogP contribution in [0.25, 0.3) is 0 Å². The molecule has 13 heavy (non-hydrogen) atoms. The van der Waals surface area contributed by atoms with E-state index in [1.165, 1.54) is 6.20 Å². The molecule has 1 aliphatic rings. The van der Waals surface area contributed by atoms with Crippen LogP contribution in [0.2, 0.25) is 0 Å². The van der Waals surface area contributed by atoms with E-state index in [2.05, 4.69) is 10.3 Å². The Morgan fingerprint density at radius 3 is 2.77 bits per heavy atom. The standard InChI is InChI=1S/C10H12FN2/c11-10-9(2-1-5-13-10)8-3-6-12-7-4-8/h1-2,5,8H,3-4,6-7H2. The van der Waals surface area contributed by atoms with Crippen LogP contribution in [0.1, 0.15) is 24.3 Å². The lowest BCUT2D eigenvalue weighted by Crippen LogP contribution is -2.21. The molecule has 1 fully saturated rings. The summed E-state index contributed by atoms with van der Waals surface area (Å²) < 4.78 is 13.2. The van der Waals surface area contributed by atoms with Gasteiger partial charge in [-0.15, -0.1) is 0 Å². The van der Waals surface area contributed by atoms with Gasteiger partial charge in [-0.1, -0.05) is 6.07 Å². The van der Waals surface area contributed by atoms with E-state index in [1.807, 2.05) is 6.07 Å². The van der Waals surface area contributed by atoms with E-state index in [9.17, 15) is 4.39 Å². The fourth-order valence-electron chi connectivity index (χ4n) is 1.76. The van der Waals surface area contributed by atoms with Crippen molar-refractivity contribution in [2.75, 3.05) is 13.1 Å². The van der Waals surface area contributed by atoms with E-state index in [1.54, 1.807) is 6.07 Å². The molecule has 0 N–H and O–H groups in total. The molecule has 3 heteroatoms. The topological polar surface area (TPSA) is 27.0 Å². The van der Waals surface area contributed by atoms with Crippen molar-refractivity contribution in [2.24, 2.45) is 0 Å². The average molecular weight is 179 g/mol. The summed E-state index contributed by atoms with van der Waals surface area (Å²) in [6, 6.07) is 3.63. The highest BCUT2D eigenvalue weighted by Gasteiger charge is 2.18. The molecule has 1 saturated heterocycles. The Labute approximate surface area is 77.2 Å². The van der Waals surface area contributed by atoms with Gasteiger partial charge in [-0.2, -0.15) is 4.39 Å². The van der Waals surface area contributed by atoms with Gasteiger partial charge in [0, 0.05) is 24.8 Å². The number of hydrogen-bond donors (Lipinski definition) is 0. The summed E-state index contributed by atoms with van der Waals surface area (Å²) in [6.07, 6.45) is 3.41. The molecule has 0 saturated carbocycles. The van der Waals surface area contributed by atoms with Crippen molar-refractivity contribution < 1.29 is 4.39 Å². The fraction of sp³-hybridized carbons (Fsp3) is 0.500. The minimum Gasteiger partial charge on any atom is -0.242 e. The van der Waals surface area contributed by atoms with Crippen LogP contribution in [0.3, 0.4) is 0 Å². The first-order valence-corrected chi connectivity index (χ1v) is 4.61. The third-order valence-electron chi connectivity index (χ3n) is 2.50. The smallest absolute Gasteiger partial charge is 0.216 e. The van der Waals surface area contributed by atoms with Crippen LogP contribution in [-0.4, -0.2) is 18.1 Å². The molecule has 1 aliphatic heterocycles. The Balaban J connectivity index is 2.18. The molecule has 69 valence electrons. The largest absolute Gasteiger partial charge is 0.242 e. The maximum absolute atomic E-state index is 13.2. The summed E-state index contributed by atoms with van der Waals surface area (Å²) in [5.41, 5.74) is 0.761. The Kier molecular flexibility index (Phi) is 2.54. The highest BCUT2D eigenvalue weighted by molar-refractivity contribution is 5.17. The molecule has 0 aliphatic carbocycles. The van der Waals surface area contributed by atoms with Crippen LogP contribution in [0, 0.1) is 5.95 Å². The van der Waals surface area contributed by atoms with Crippen molar-refractivity contribution >= 4 is 0 Å². The number of hydrogen-bond acceptors (Lipinski definition) is 1. The van der Waals surface area contributed by atoms with E-state index in [-0.39, 0.29) is 5.95 Å². The zero-order valence-electron chi connectivity index (χ0n) is 7.41. The van der Waals surface area contributed by atoms with Crippen molar-refractivity contribution in [1.82, 2.24) is 10.3 Å². The number of nitrogens with zero attached hydrogens (tertiary/aromatic N) is 2. The van der Waals surface area contributed by atoms with E-state index in [0.29, 0.717) is 5.92 Å². The molecule has 0 amide bonds. The Hall–Kier alpha value is -0.960. The highest BCUT2D eigenvalue weighted by Crippen LogP contribution is 2.26. The van der Waals surface area contributed by atoms with Gasteiger partial charge in [-0.3, -0.25) is 0 Å². The predicted molar refractivity (Wildman–Crippen MR) is 48.0 cm³/mol. The van der Waals surface area contributed by atoms with Gasteiger partial charge in [0.05, 0.1) is 0 Å². The lowest BCUT2D eigenvalue weighted by atomic mass is 9.91. The van der Waals surface area contributed by atoms with Gasteiger partial charge in [0.1, 0.15) is 0 Å². The Morgan fingerprint density at radius 1 is 1.31 bits per heavy atom. The Bertz CT molecular complexity index is 282. The third-order valence-corrected chi connectivity index (χ3v) is 2.50. The molecule has 0 atom stereocenters. The summed E-state index contributed by atoms with van der Waals surface area (Å²) in [7, 11) is 0. The first-order valence-electron chi connectivity index (χ1n) is 4.61. The normalized spacial score (nSPS) is 18.8. The highest BCUT2D eigenvalue weighted by atomic mass is 19.1. The maximum Gasteiger partial charge on any atom is 0.216 e. The third kappa shape index (κ3) is 1.86. The second-order valence-corrected chi connectivity index (χ2v) is 3.33. The van der Waals surface area contributed by atoms with Crippen LogP contribution in [0.15, 0.2) is 18.3 Å². The summed E-state index contributed by atoms with van der Waals surface area (Å²) in [6.45, 7) is 1.72. The van der Waals surface area contributed by atoms with Crippen LogP contribution in [0.4, 0.5) is 4.39 Å². The lowest BCUT2D eigenvalue weighted by molar-refractivity contribution is 0.433. The summed E-state index contributed by atoms with van der Waals surface area (Å²) in [5, 5.41) is 4.24. The molecule has 2 rings (SSSR count). The van der Waals surface area contributed by atoms with Gasteiger partial charge in [-0.05, 0) is 24.8 Å². The van der Waals surface area contributed by atoms with Crippen molar-refractivity contribution in [2.45, 2.75) is 18.8 Å². The quantitative estimate of drug-likeness (QED) is 0.603. The SMILES string of the molecule is Fc1ncccc1C1CC[N]CC1. The zero-order chi connectivity index (χ0) is 9.10. The van der Waals surface area contributed by atoms with Crippen LogP contribution in [0.5, 0.6) is 0 Å². The first kappa shape index (κ1) is 8.63. The molecule has 0 aromatic carbocycles. The number of halogens is 1. The minimum atomic E-state index is -0.311. The molecule has 2 heterocycles. The van der Waals surface area contributed by atoms with E-state index in [0.717, 1.165) is 31.5 Å². The Morgan fingerprint density at radius 2 is 2.08 bits per heavy atom. The zero-order valence-corrected chi connectivity index (χ0v) is 7.41.